The van der Waals surface area contributed by atoms with Gasteiger partial charge in [-0.15, -0.1) is 0 Å². The maximum Gasteiger partial charge on any atom is 0.341 e. The predicted molar refractivity (Wildman–Crippen MR) is 80.5 cm³/mol. The van der Waals surface area contributed by atoms with Crippen LogP contribution in [0.2, 0.25) is 0 Å². The SMILES string of the molecule is CCOC(=O)c1cccnc1NCc1ccccc1OC. The fourth-order valence-electron chi connectivity index (χ4n) is 1.95. The summed E-state index contributed by atoms with van der Waals surface area (Å²) in [6, 6.07) is 11.1. The summed E-state index contributed by atoms with van der Waals surface area (Å²) < 4.78 is 10.3. The summed E-state index contributed by atoms with van der Waals surface area (Å²) in [7, 11) is 1.63. The highest BCUT2D eigenvalue weighted by Gasteiger charge is 2.13. The molecule has 0 amide bonds. The number of hydrogen-bond acceptors (Lipinski definition) is 5. The molecule has 2 aromatic rings. The fourth-order valence-corrected chi connectivity index (χ4v) is 1.95. The first kappa shape index (κ1) is 14.8. The number of esters is 1. The molecular weight excluding hydrogens is 268 g/mol. The zero-order valence-electron chi connectivity index (χ0n) is 12.1. The zero-order valence-corrected chi connectivity index (χ0v) is 12.1. The zero-order chi connectivity index (χ0) is 15.1. The van der Waals surface area contributed by atoms with E-state index >= 15 is 0 Å². The predicted octanol–water partition coefficient (Wildman–Crippen LogP) is 2.88. The van der Waals surface area contributed by atoms with Gasteiger partial charge < -0.3 is 14.8 Å². The molecule has 5 nitrogen and oxygen atoms in total. The highest BCUT2D eigenvalue weighted by molar-refractivity contribution is 5.94. The minimum absolute atomic E-state index is 0.333. The molecule has 0 spiro atoms. The fraction of sp³-hybridized carbons (Fsp3) is 0.250. The normalized spacial score (nSPS) is 10.0. The number of methoxy groups -OCH3 is 1. The van der Waals surface area contributed by atoms with Gasteiger partial charge in [0.25, 0.3) is 0 Å². The summed E-state index contributed by atoms with van der Waals surface area (Å²) in [5, 5.41) is 3.15. The number of pyridine rings is 1. The Balaban J connectivity index is 2.15. The van der Waals surface area contributed by atoms with Gasteiger partial charge in [-0.05, 0) is 25.1 Å². The first-order valence-corrected chi connectivity index (χ1v) is 6.74. The molecule has 110 valence electrons. The topological polar surface area (TPSA) is 60.5 Å². The molecule has 5 heteroatoms. The molecule has 1 aromatic carbocycles. The van der Waals surface area contributed by atoms with E-state index in [1.165, 1.54) is 0 Å². The molecular formula is C16H18N2O3. The van der Waals surface area contributed by atoms with Crippen LogP contribution in [0.15, 0.2) is 42.6 Å². The lowest BCUT2D eigenvalue weighted by atomic mass is 10.2. The number of rotatable bonds is 6. The average molecular weight is 286 g/mol. The minimum Gasteiger partial charge on any atom is -0.496 e. The van der Waals surface area contributed by atoms with Gasteiger partial charge in [0.1, 0.15) is 17.1 Å². The number of para-hydroxylation sites is 1. The summed E-state index contributed by atoms with van der Waals surface area (Å²) in [6.07, 6.45) is 1.63. The van der Waals surface area contributed by atoms with E-state index in [0.29, 0.717) is 24.5 Å². The van der Waals surface area contributed by atoms with Gasteiger partial charge in [-0.25, -0.2) is 9.78 Å². The molecule has 21 heavy (non-hydrogen) atoms. The lowest BCUT2D eigenvalue weighted by Gasteiger charge is -2.12. The Morgan fingerprint density at radius 3 is 2.81 bits per heavy atom. The van der Waals surface area contributed by atoms with Crippen LogP contribution in [0.5, 0.6) is 5.75 Å². The monoisotopic (exact) mass is 286 g/mol. The van der Waals surface area contributed by atoms with Crippen molar-refractivity contribution in [1.82, 2.24) is 4.98 Å². The van der Waals surface area contributed by atoms with Crippen LogP contribution in [0.1, 0.15) is 22.8 Å². The van der Waals surface area contributed by atoms with Gasteiger partial charge in [-0.1, -0.05) is 18.2 Å². The second-order valence-electron chi connectivity index (χ2n) is 4.29. The maximum absolute atomic E-state index is 11.9. The molecule has 0 bridgehead atoms. The smallest absolute Gasteiger partial charge is 0.341 e. The van der Waals surface area contributed by atoms with Crippen LogP contribution >= 0.6 is 0 Å². The summed E-state index contributed by atoms with van der Waals surface area (Å²) >= 11 is 0. The lowest BCUT2D eigenvalue weighted by molar-refractivity contribution is 0.0527. The van der Waals surface area contributed by atoms with E-state index in [4.69, 9.17) is 9.47 Å². The Bertz CT molecular complexity index is 614. The molecule has 2 rings (SSSR count). The van der Waals surface area contributed by atoms with Gasteiger partial charge in [-0.2, -0.15) is 0 Å². The Labute approximate surface area is 123 Å². The molecule has 1 N–H and O–H groups in total. The highest BCUT2D eigenvalue weighted by Crippen LogP contribution is 2.20. The van der Waals surface area contributed by atoms with E-state index in [-0.39, 0.29) is 5.97 Å². The third-order valence-corrected chi connectivity index (χ3v) is 2.94. The first-order chi connectivity index (χ1) is 10.3. The molecule has 0 aliphatic heterocycles. The molecule has 0 fully saturated rings. The van der Waals surface area contributed by atoms with Gasteiger partial charge in [-0.3, -0.25) is 0 Å². The van der Waals surface area contributed by atoms with Crippen molar-refractivity contribution in [2.24, 2.45) is 0 Å². The highest BCUT2D eigenvalue weighted by atomic mass is 16.5. The number of hydrogen-bond donors (Lipinski definition) is 1. The van der Waals surface area contributed by atoms with Crippen molar-refractivity contribution in [3.8, 4) is 5.75 Å². The van der Waals surface area contributed by atoms with E-state index < -0.39 is 0 Å². The lowest BCUT2D eigenvalue weighted by Crippen LogP contribution is -2.11. The van der Waals surface area contributed by atoms with Crippen LogP contribution in [0.3, 0.4) is 0 Å². The molecule has 0 atom stereocenters. The Morgan fingerprint density at radius 2 is 2.05 bits per heavy atom. The number of aromatic nitrogens is 1. The third kappa shape index (κ3) is 3.72. The maximum atomic E-state index is 11.9. The number of carbonyl (C=O) groups is 1. The van der Waals surface area contributed by atoms with Crippen molar-refractivity contribution in [3.63, 3.8) is 0 Å². The van der Waals surface area contributed by atoms with Crippen molar-refractivity contribution in [2.75, 3.05) is 19.0 Å². The van der Waals surface area contributed by atoms with E-state index in [0.717, 1.165) is 11.3 Å². The minimum atomic E-state index is -0.381. The van der Waals surface area contributed by atoms with Crippen LogP contribution in [0, 0.1) is 0 Å². The van der Waals surface area contributed by atoms with Gasteiger partial charge in [0.2, 0.25) is 0 Å². The van der Waals surface area contributed by atoms with Crippen LogP contribution in [0.25, 0.3) is 0 Å². The second-order valence-corrected chi connectivity index (χ2v) is 4.29. The van der Waals surface area contributed by atoms with Crippen molar-refractivity contribution in [3.05, 3.63) is 53.7 Å². The number of benzene rings is 1. The largest absolute Gasteiger partial charge is 0.496 e. The summed E-state index contributed by atoms with van der Waals surface area (Å²) in [6.45, 7) is 2.61. The van der Waals surface area contributed by atoms with Crippen molar-refractivity contribution in [1.29, 1.82) is 0 Å². The van der Waals surface area contributed by atoms with Crippen LogP contribution in [-0.4, -0.2) is 24.7 Å². The number of nitrogens with one attached hydrogen (secondary N) is 1. The second kappa shape index (κ2) is 7.28. The van der Waals surface area contributed by atoms with Crippen molar-refractivity contribution < 1.29 is 14.3 Å². The summed E-state index contributed by atoms with van der Waals surface area (Å²) in [5.41, 5.74) is 1.41. The van der Waals surface area contributed by atoms with E-state index in [1.54, 1.807) is 32.4 Å². The van der Waals surface area contributed by atoms with Crippen molar-refractivity contribution in [2.45, 2.75) is 13.5 Å². The number of anilines is 1. The summed E-state index contributed by atoms with van der Waals surface area (Å²) in [4.78, 5) is 16.1. The molecule has 0 unspecified atom stereocenters. The van der Waals surface area contributed by atoms with E-state index in [9.17, 15) is 4.79 Å². The first-order valence-electron chi connectivity index (χ1n) is 6.74. The van der Waals surface area contributed by atoms with Crippen LogP contribution in [0.4, 0.5) is 5.82 Å². The number of ether oxygens (including phenoxy) is 2. The van der Waals surface area contributed by atoms with Crippen LogP contribution < -0.4 is 10.1 Å². The van der Waals surface area contributed by atoms with E-state index in [2.05, 4.69) is 10.3 Å². The Kier molecular flexibility index (Phi) is 5.15. The quantitative estimate of drug-likeness (QED) is 0.827. The molecule has 0 saturated carbocycles. The Hall–Kier alpha value is -2.56. The van der Waals surface area contributed by atoms with Gasteiger partial charge in [0.05, 0.1) is 13.7 Å². The molecule has 0 radical (unpaired) electrons. The third-order valence-electron chi connectivity index (χ3n) is 2.94. The van der Waals surface area contributed by atoms with Gasteiger partial charge in [0, 0.05) is 18.3 Å². The standard InChI is InChI=1S/C16H18N2O3/c1-3-21-16(19)13-8-6-10-17-15(13)18-11-12-7-4-5-9-14(12)20-2/h4-10H,3,11H2,1-2H3,(H,17,18). The van der Waals surface area contributed by atoms with Crippen LogP contribution in [-0.2, 0) is 11.3 Å². The number of carbonyl (C=O) groups excluding carboxylic acids is 1. The van der Waals surface area contributed by atoms with Crippen molar-refractivity contribution >= 4 is 11.8 Å². The molecule has 0 aliphatic carbocycles. The molecule has 1 heterocycles. The average Bonchev–Trinajstić information content (AvgIpc) is 2.53. The Morgan fingerprint density at radius 1 is 1.24 bits per heavy atom. The molecule has 1 aromatic heterocycles. The van der Waals surface area contributed by atoms with E-state index in [1.807, 2.05) is 24.3 Å². The van der Waals surface area contributed by atoms with Gasteiger partial charge in [0.15, 0.2) is 0 Å². The summed E-state index contributed by atoms with van der Waals surface area (Å²) in [5.74, 6) is 0.911. The van der Waals surface area contributed by atoms with Gasteiger partial charge >= 0.3 is 5.97 Å². The number of nitrogens with zero attached hydrogens (tertiary/aromatic N) is 1. The molecule has 0 aliphatic rings. The molecule has 0 saturated heterocycles.